The van der Waals surface area contributed by atoms with Gasteiger partial charge < -0.3 is 9.88 Å². The second-order valence-electron chi connectivity index (χ2n) is 5.66. The van der Waals surface area contributed by atoms with Crippen LogP contribution in [0.15, 0.2) is 28.9 Å². The van der Waals surface area contributed by atoms with Crippen molar-refractivity contribution in [3.63, 3.8) is 0 Å². The fourth-order valence-electron chi connectivity index (χ4n) is 2.18. The molecule has 2 rings (SSSR count). The third kappa shape index (κ3) is 4.38. The Morgan fingerprint density at radius 3 is 2.81 bits per heavy atom. The van der Waals surface area contributed by atoms with E-state index in [0.29, 0.717) is 16.9 Å². The summed E-state index contributed by atoms with van der Waals surface area (Å²) in [5.41, 5.74) is 2.20. The summed E-state index contributed by atoms with van der Waals surface area (Å²) >= 11 is 3.23. The van der Waals surface area contributed by atoms with Crippen molar-refractivity contribution in [3.05, 3.63) is 51.8 Å². The van der Waals surface area contributed by atoms with Gasteiger partial charge in [-0.25, -0.2) is 9.37 Å². The molecule has 1 aromatic carbocycles. The lowest BCUT2D eigenvalue weighted by Crippen LogP contribution is -2.21. The first-order valence-corrected chi connectivity index (χ1v) is 7.92. The summed E-state index contributed by atoms with van der Waals surface area (Å²) in [7, 11) is 0. The Bertz CT molecular complexity index is 608. The summed E-state index contributed by atoms with van der Waals surface area (Å²) in [6.45, 7) is 8.83. The largest absolute Gasteiger partial charge is 0.327 e. The standard InChI is InChI=1S/C16H21BrFN3/c1-11(2)7-19-8-14-9-20-12(3)21(14)10-13-4-5-16(18)15(17)6-13/h4-6,9,11,19H,7-8,10H2,1-3H3. The second kappa shape index (κ2) is 7.18. The molecule has 5 heteroatoms. The van der Waals surface area contributed by atoms with E-state index < -0.39 is 0 Å². The molecule has 0 saturated carbocycles. The zero-order valence-electron chi connectivity index (χ0n) is 12.7. The van der Waals surface area contributed by atoms with Gasteiger partial charge in [-0.05, 0) is 53.0 Å². The van der Waals surface area contributed by atoms with Crippen molar-refractivity contribution in [1.29, 1.82) is 0 Å². The average molecular weight is 354 g/mol. The van der Waals surface area contributed by atoms with Crippen LogP contribution in [-0.2, 0) is 13.1 Å². The molecule has 1 N–H and O–H groups in total. The molecule has 0 aliphatic carbocycles. The Balaban J connectivity index is 2.11. The molecule has 114 valence electrons. The summed E-state index contributed by atoms with van der Waals surface area (Å²) in [5.74, 6) is 1.35. The molecule has 1 heterocycles. The van der Waals surface area contributed by atoms with Gasteiger partial charge in [0.1, 0.15) is 11.6 Å². The summed E-state index contributed by atoms with van der Waals surface area (Å²) < 4.78 is 16.0. The lowest BCUT2D eigenvalue weighted by Gasteiger charge is -2.12. The number of hydrogen-bond acceptors (Lipinski definition) is 2. The molecule has 0 amide bonds. The number of imidazole rings is 1. The van der Waals surface area contributed by atoms with E-state index in [1.165, 1.54) is 6.07 Å². The number of rotatable bonds is 6. The Morgan fingerprint density at radius 1 is 1.38 bits per heavy atom. The number of halogens is 2. The number of nitrogens with one attached hydrogen (secondary N) is 1. The molecule has 0 aliphatic heterocycles. The first-order chi connectivity index (χ1) is 9.97. The predicted molar refractivity (Wildman–Crippen MR) is 86.7 cm³/mol. The van der Waals surface area contributed by atoms with Crippen molar-refractivity contribution < 1.29 is 4.39 Å². The normalized spacial score (nSPS) is 11.3. The third-order valence-electron chi connectivity index (χ3n) is 3.32. The molecule has 2 aromatic rings. The molecule has 0 bridgehead atoms. The highest BCUT2D eigenvalue weighted by Gasteiger charge is 2.08. The lowest BCUT2D eigenvalue weighted by atomic mass is 10.2. The molecule has 0 aliphatic rings. The van der Waals surface area contributed by atoms with Gasteiger partial charge in [0.15, 0.2) is 0 Å². The molecule has 3 nitrogen and oxygen atoms in total. The van der Waals surface area contributed by atoms with Crippen LogP contribution in [0.1, 0.15) is 30.9 Å². The second-order valence-corrected chi connectivity index (χ2v) is 6.51. The number of aromatic nitrogens is 2. The minimum Gasteiger partial charge on any atom is -0.327 e. The van der Waals surface area contributed by atoms with E-state index in [2.05, 4.69) is 44.6 Å². The fraction of sp³-hybridized carbons (Fsp3) is 0.438. The minimum absolute atomic E-state index is 0.236. The molecule has 21 heavy (non-hydrogen) atoms. The van der Waals surface area contributed by atoms with Crippen molar-refractivity contribution in [2.75, 3.05) is 6.54 Å². The highest BCUT2D eigenvalue weighted by atomic mass is 79.9. The predicted octanol–water partition coefficient (Wildman–Crippen LogP) is 3.89. The topological polar surface area (TPSA) is 29.9 Å². The van der Waals surface area contributed by atoms with Crippen LogP contribution in [0.2, 0.25) is 0 Å². The summed E-state index contributed by atoms with van der Waals surface area (Å²) in [6, 6.07) is 5.12. The van der Waals surface area contributed by atoms with Crippen molar-refractivity contribution in [2.45, 2.75) is 33.9 Å². The monoisotopic (exact) mass is 353 g/mol. The van der Waals surface area contributed by atoms with Gasteiger partial charge in [-0.1, -0.05) is 19.9 Å². The van der Waals surface area contributed by atoms with Crippen LogP contribution in [0.5, 0.6) is 0 Å². The van der Waals surface area contributed by atoms with E-state index in [1.54, 1.807) is 0 Å². The van der Waals surface area contributed by atoms with Crippen LogP contribution in [-0.4, -0.2) is 16.1 Å². The number of hydrogen-bond donors (Lipinski definition) is 1. The van der Waals surface area contributed by atoms with E-state index in [0.717, 1.165) is 30.2 Å². The number of aryl methyl sites for hydroxylation is 1. The molecular weight excluding hydrogens is 333 g/mol. The maximum atomic E-state index is 13.3. The average Bonchev–Trinajstić information content (AvgIpc) is 2.75. The molecule has 0 unspecified atom stereocenters. The Morgan fingerprint density at radius 2 is 2.14 bits per heavy atom. The minimum atomic E-state index is -0.236. The molecule has 0 fully saturated rings. The zero-order valence-corrected chi connectivity index (χ0v) is 14.2. The molecule has 0 spiro atoms. The first-order valence-electron chi connectivity index (χ1n) is 7.13. The quantitative estimate of drug-likeness (QED) is 0.853. The van der Waals surface area contributed by atoms with Crippen LogP contribution in [0, 0.1) is 18.7 Å². The maximum Gasteiger partial charge on any atom is 0.137 e. The van der Waals surface area contributed by atoms with Crippen molar-refractivity contribution in [1.82, 2.24) is 14.9 Å². The van der Waals surface area contributed by atoms with E-state index in [9.17, 15) is 4.39 Å². The molecule has 1 aromatic heterocycles. The van der Waals surface area contributed by atoms with Gasteiger partial charge in [0.25, 0.3) is 0 Å². The summed E-state index contributed by atoms with van der Waals surface area (Å²) in [5, 5.41) is 3.43. The van der Waals surface area contributed by atoms with E-state index in [1.807, 2.05) is 25.3 Å². The molecule has 0 radical (unpaired) electrons. The number of benzene rings is 1. The van der Waals surface area contributed by atoms with Gasteiger partial charge in [-0.3, -0.25) is 0 Å². The highest BCUT2D eigenvalue weighted by Crippen LogP contribution is 2.18. The first kappa shape index (κ1) is 16.2. The Hall–Kier alpha value is -1.20. The van der Waals surface area contributed by atoms with E-state index >= 15 is 0 Å². The third-order valence-corrected chi connectivity index (χ3v) is 3.93. The zero-order chi connectivity index (χ0) is 15.4. The van der Waals surface area contributed by atoms with Crippen LogP contribution >= 0.6 is 15.9 Å². The summed E-state index contributed by atoms with van der Waals surface area (Å²) in [6.07, 6.45) is 1.90. The van der Waals surface area contributed by atoms with Crippen molar-refractivity contribution in [3.8, 4) is 0 Å². The van der Waals surface area contributed by atoms with Gasteiger partial charge in [-0.15, -0.1) is 0 Å². The fourth-order valence-corrected chi connectivity index (χ4v) is 2.61. The molecular formula is C16H21BrFN3. The van der Waals surface area contributed by atoms with E-state index in [4.69, 9.17) is 0 Å². The van der Waals surface area contributed by atoms with Crippen LogP contribution in [0.4, 0.5) is 4.39 Å². The van der Waals surface area contributed by atoms with Gasteiger partial charge >= 0.3 is 0 Å². The summed E-state index contributed by atoms with van der Waals surface area (Å²) in [4.78, 5) is 4.39. The van der Waals surface area contributed by atoms with Gasteiger partial charge in [0, 0.05) is 19.3 Å². The van der Waals surface area contributed by atoms with Gasteiger partial charge in [0.2, 0.25) is 0 Å². The smallest absolute Gasteiger partial charge is 0.137 e. The SMILES string of the molecule is Cc1ncc(CNCC(C)C)n1Cc1ccc(F)c(Br)c1. The molecule has 0 atom stereocenters. The van der Waals surface area contributed by atoms with Crippen LogP contribution in [0.3, 0.4) is 0 Å². The van der Waals surface area contributed by atoms with E-state index in [-0.39, 0.29) is 5.82 Å². The lowest BCUT2D eigenvalue weighted by molar-refractivity contribution is 0.537. The van der Waals surface area contributed by atoms with Crippen LogP contribution in [0.25, 0.3) is 0 Å². The highest BCUT2D eigenvalue weighted by molar-refractivity contribution is 9.10. The number of nitrogens with zero attached hydrogens (tertiary/aromatic N) is 2. The van der Waals surface area contributed by atoms with Crippen molar-refractivity contribution >= 4 is 15.9 Å². The van der Waals surface area contributed by atoms with Gasteiger partial charge in [0.05, 0.1) is 10.2 Å². The Labute approximate surface area is 133 Å². The Kier molecular flexibility index (Phi) is 5.53. The van der Waals surface area contributed by atoms with Crippen molar-refractivity contribution in [2.24, 2.45) is 5.92 Å². The molecule has 0 saturated heterocycles. The maximum absolute atomic E-state index is 13.3. The van der Waals surface area contributed by atoms with Gasteiger partial charge in [-0.2, -0.15) is 0 Å². The van der Waals surface area contributed by atoms with Crippen LogP contribution < -0.4 is 5.32 Å².